The van der Waals surface area contributed by atoms with E-state index in [1.807, 2.05) is 0 Å². The highest BCUT2D eigenvalue weighted by Crippen LogP contribution is 2.33. The first kappa shape index (κ1) is 14.1. The third-order valence-corrected chi connectivity index (χ3v) is 4.58. The molecule has 3 rings (SSSR count). The minimum Gasteiger partial charge on any atom is -0.377 e. The molecular weight excluding hydrogens is 258 g/mol. The van der Waals surface area contributed by atoms with Crippen LogP contribution in [-0.2, 0) is 11.2 Å². The minimum absolute atomic E-state index is 0.221. The number of rotatable bonds is 3. The van der Waals surface area contributed by atoms with Crippen LogP contribution in [0, 0.1) is 5.92 Å². The van der Waals surface area contributed by atoms with Crippen LogP contribution in [0.15, 0.2) is 36.4 Å². The number of Topliss-reactive ketones (excluding diaryl/α,β-unsaturated/α-hetero) is 1. The van der Waals surface area contributed by atoms with E-state index in [1.54, 1.807) is 0 Å². The zero-order valence-corrected chi connectivity index (χ0v) is 12.9. The summed E-state index contributed by atoms with van der Waals surface area (Å²) in [7, 11) is 4.18. The summed E-state index contributed by atoms with van der Waals surface area (Å²) >= 11 is 0. The van der Waals surface area contributed by atoms with Crippen molar-refractivity contribution in [2.75, 3.05) is 19.0 Å². The molecule has 0 aromatic heterocycles. The molecule has 0 radical (unpaired) electrons. The number of benzene rings is 2. The third-order valence-electron chi connectivity index (χ3n) is 4.58. The molecular formula is C19H23NO. The average molecular weight is 281 g/mol. The second-order valence-corrected chi connectivity index (χ2v) is 6.30. The molecule has 0 heterocycles. The Kier molecular flexibility index (Phi) is 3.96. The van der Waals surface area contributed by atoms with E-state index in [1.165, 1.54) is 28.4 Å². The predicted molar refractivity (Wildman–Crippen MR) is 88.9 cm³/mol. The van der Waals surface area contributed by atoms with E-state index in [0.29, 0.717) is 5.78 Å². The van der Waals surface area contributed by atoms with Crippen molar-refractivity contribution >= 4 is 22.2 Å². The smallest absolute Gasteiger partial charge is 0.136 e. The Morgan fingerprint density at radius 2 is 1.90 bits per heavy atom. The molecule has 0 spiro atoms. The van der Waals surface area contributed by atoms with Gasteiger partial charge in [-0.1, -0.05) is 42.8 Å². The summed E-state index contributed by atoms with van der Waals surface area (Å²) in [6.07, 6.45) is 4.99. The number of fused-ring (bicyclic) bond motifs is 1. The first-order valence-corrected chi connectivity index (χ1v) is 7.87. The third kappa shape index (κ3) is 2.80. The van der Waals surface area contributed by atoms with Crippen molar-refractivity contribution in [1.82, 2.24) is 0 Å². The van der Waals surface area contributed by atoms with Crippen LogP contribution in [0.5, 0.6) is 0 Å². The number of carbonyl (C=O) groups is 1. The van der Waals surface area contributed by atoms with E-state index < -0.39 is 0 Å². The van der Waals surface area contributed by atoms with Crippen molar-refractivity contribution in [1.29, 1.82) is 0 Å². The number of hydrogen-bond acceptors (Lipinski definition) is 2. The molecule has 1 atom stereocenters. The molecule has 1 fully saturated rings. The molecule has 2 aromatic rings. The SMILES string of the molecule is CN(C)c1c(CC2CCCCC2=O)ccc2ccccc12. The van der Waals surface area contributed by atoms with Crippen LogP contribution >= 0.6 is 0 Å². The van der Waals surface area contributed by atoms with Crippen LogP contribution in [0.3, 0.4) is 0 Å². The summed E-state index contributed by atoms with van der Waals surface area (Å²) in [5, 5.41) is 2.54. The molecule has 110 valence electrons. The van der Waals surface area contributed by atoms with Gasteiger partial charge in [0.05, 0.1) is 0 Å². The van der Waals surface area contributed by atoms with E-state index in [2.05, 4.69) is 55.4 Å². The molecule has 2 aromatic carbocycles. The number of ketones is 1. The number of nitrogens with zero attached hydrogens (tertiary/aromatic N) is 1. The molecule has 1 unspecified atom stereocenters. The van der Waals surface area contributed by atoms with Gasteiger partial charge in [0.25, 0.3) is 0 Å². The van der Waals surface area contributed by atoms with Crippen molar-refractivity contribution in [3.05, 3.63) is 42.0 Å². The summed E-state index contributed by atoms with van der Waals surface area (Å²) in [4.78, 5) is 14.3. The van der Waals surface area contributed by atoms with Gasteiger partial charge >= 0.3 is 0 Å². The maximum Gasteiger partial charge on any atom is 0.136 e. The van der Waals surface area contributed by atoms with E-state index in [0.717, 1.165) is 25.7 Å². The van der Waals surface area contributed by atoms with Crippen molar-refractivity contribution in [3.8, 4) is 0 Å². The van der Waals surface area contributed by atoms with Crippen LogP contribution in [0.2, 0.25) is 0 Å². The Morgan fingerprint density at radius 3 is 2.67 bits per heavy atom. The normalized spacial score (nSPS) is 19.0. The quantitative estimate of drug-likeness (QED) is 0.840. The highest BCUT2D eigenvalue weighted by Gasteiger charge is 2.24. The van der Waals surface area contributed by atoms with Crippen LogP contribution in [-0.4, -0.2) is 19.9 Å². The monoisotopic (exact) mass is 281 g/mol. The second-order valence-electron chi connectivity index (χ2n) is 6.30. The Morgan fingerprint density at radius 1 is 1.10 bits per heavy atom. The van der Waals surface area contributed by atoms with Gasteiger partial charge < -0.3 is 4.90 Å². The first-order valence-electron chi connectivity index (χ1n) is 7.87. The highest BCUT2D eigenvalue weighted by atomic mass is 16.1. The zero-order valence-electron chi connectivity index (χ0n) is 12.9. The van der Waals surface area contributed by atoms with Crippen molar-refractivity contribution in [2.45, 2.75) is 32.1 Å². The summed E-state index contributed by atoms with van der Waals surface area (Å²) in [5.74, 6) is 0.678. The Hall–Kier alpha value is -1.83. The molecule has 0 N–H and O–H groups in total. The lowest BCUT2D eigenvalue weighted by atomic mass is 9.83. The van der Waals surface area contributed by atoms with Gasteiger partial charge in [-0.3, -0.25) is 4.79 Å². The summed E-state index contributed by atoms with van der Waals surface area (Å²) in [6.45, 7) is 0. The standard InChI is InChI=1S/C19H23NO/c1-20(2)19-16(13-15-8-4-6-10-18(15)21)12-11-14-7-3-5-9-17(14)19/h3,5,7,9,11-12,15H,4,6,8,10,13H2,1-2H3. The maximum atomic E-state index is 12.1. The van der Waals surface area contributed by atoms with Gasteiger partial charge in [-0.15, -0.1) is 0 Å². The molecule has 0 saturated heterocycles. The fourth-order valence-electron chi connectivity index (χ4n) is 3.53. The van der Waals surface area contributed by atoms with Crippen molar-refractivity contribution < 1.29 is 4.79 Å². The molecule has 1 aliphatic carbocycles. The fraction of sp³-hybridized carbons (Fsp3) is 0.421. The van der Waals surface area contributed by atoms with Gasteiger partial charge in [0.2, 0.25) is 0 Å². The van der Waals surface area contributed by atoms with E-state index in [-0.39, 0.29) is 5.92 Å². The fourth-order valence-corrected chi connectivity index (χ4v) is 3.53. The Bertz CT molecular complexity index is 660. The van der Waals surface area contributed by atoms with Crippen LogP contribution in [0.25, 0.3) is 10.8 Å². The van der Waals surface area contributed by atoms with Gasteiger partial charge in [-0.25, -0.2) is 0 Å². The summed E-state index contributed by atoms with van der Waals surface area (Å²) < 4.78 is 0. The Balaban J connectivity index is 2.01. The molecule has 0 amide bonds. The topological polar surface area (TPSA) is 20.3 Å². The Labute approximate surface area is 126 Å². The van der Waals surface area contributed by atoms with Gasteiger partial charge in [0.1, 0.15) is 5.78 Å². The van der Waals surface area contributed by atoms with Crippen LogP contribution in [0.4, 0.5) is 5.69 Å². The predicted octanol–water partition coefficient (Wildman–Crippen LogP) is 4.21. The highest BCUT2D eigenvalue weighted by molar-refractivity contribution is 5.96. The van der Waals surface area contributed by atoms with Gasteiger partial charge in [-0.05, 0) is 30.2 Å². The minimum atomic E-state index is 0.221. The lowest BCUT2D eigenvalue weighted by Crippen LogP contribution is -2.22. The van der Waals surface area contributed by atoms with Crippen molar-refractivity contribution in [3.63, 3.8) is 0 Å². The van der Waals surface area contributed by atoms with E-state index >= 15 is 0 Å². The average Bonchev–Trinajstić information content (AvgIpc) is 2.49. The number of hydrogen-bond donors (Lipinski definition) is 0. The molecule has 0 aliphatic heterocycles. The number of carbonyl (C=O) groups excluding carboxylic acids is 1. The molecule has 1 saturated carbocycles. The molecule has 2 nitrogen and oxygen atoms in total. The van der Waals surface area contributed by atoms with Gasteiger partial charge in [0.15, 0.2) is 0 Å². The van der Waals surface area contributed by atoms with Crippen LogP contribution in [0.1, 0.15) is 31.2 Å². The summed E-state index contributed by atoms with van der Waals surface area (Å²) in [6, 6.07) is 12.9. The lowest BCUT2D eigenvalue weighted by Gasteiger charge is -2.25. The molecule has 1 aliphatic rings. The molecule has 2 heteroatoms. The number of anilines is 1. The summed E-state index contributed by atoms with van der Waals surface area (Å²) in [5.41, 5.74) is 2.57. The maximum absolute atomic E-state index is 12.1. The van der Waals surface area contributed by atoms with E-state index in [4.69, 9.17) is 0 Å². The van der Waals surface area contributed by atoms with Gasteiger partial charge in [-0.2, -0.15) is 0 Å². The first-order chi connectivity index (χ1) is 10.2. The molecule has 0 bridgehead atoms. The van der Waals surface area contributed by atoms with Crippen LogP contribution < -0.4 is 4.90 Å². The largest absolute Gasteiger partial charge is 0.377 e. The lowest BCUT2D eigenvalue weighted by molar-refractivity contribution is -0.124. The second kappa shape index (κ2) is 5.88. The van der Waals surface area contributed by atoms with Crippen molar-refractivity contribution in [2.24, 2.45) is 5.92 Å². The van der Waals surface area contributed by atoms with Gasteiger partial charge in [0, 0.05) is 37.5 Å². The van der Waals surface area contributed by atoms with E-state index in [9.17, 15) is 4.79 Å². The molecule has 21 heavy (non-hydrogen) atoms. The zero-order chi connectivity index (χ0) is 14.8.